The maximum Gasteiger partial charge on any atom is 0.226 e. The topological polar surface area (TPSA) is 47.9 Å². The molecule has 106 valence electrons. The van der Waals surface area contributed by atoms with Crippen LogP contribution in [0.15, 0.2) is 47.5 Å². The van der Waals surface area contributed by atoms with Gasteiger partial charge in [-0.05, 0) is 36.0 Å². The molecule has 0 saturated heterocycles. The fraction of sp³-hybridized carbons (Fsp3) is 0.125. The van der Waals surface area contributed by atoms with Crippen molar-refractivity contribution in [2.45, 2.75) is 0 Å². The number of para-hydroxylation sites is 1. The third kappa shape index (κ3) is 2.52. The highest BCUT2D eigenvalue weighted by molar-refractivity contribution is 8.27. The molecule has 21 heavy (non-hydrogen) atoms. The number of aliphatic imine (C=N–C) groups is 1. The summed E-state index contributed by atoms with van der Waals surface area (Å²) >= 11 is 1.13. The number of hydrogen-bond donors (Lipinski definition) is 0. The Bertz CT molecular complexity index is 726. The lowest BCUT2D eigenvalue weighted by atomic mass is 10.1. The largest absolute Gasteiger partial charge is 0.493 e. The van der Waals surface area contributed by atoms with Crippen molar-refractivity contribution < 1.29 is 14.3 Å². The van der Waals surface area contributed by atoms with E-state index in [2.05, 4.69) is 4.99 Å². The molecule has 2 aromatic rings. The first-order valence-corrected chi connectivity index (χ1v) is 7.17. The van der Waals surface area contributed by atoms with E-state index in [1.807, 2.05) is 30.3 Å². The van der Waals surface area contributed by atoms with Crippen LogP contribution in [0.4, 0.5) is 5.69 Å². The summed E-state index contributed by atoms with van der Waals surface area (Å²) in [7, 11) is 3.12. The number of nitrogens with zero attached hydrogens (tertiary/aromatic N) is 1. The van der Waals surface area contributed by atoms with Crippen LogP contribution < -0.4 is 9.47 Å². The van der Waals surface area contributed by atoms with Gasteiger partial charge >= 0.3 is 0 Å². The molecule has 0 N–H and O–H groups in total. The van der Waals surface area contributed by atoms with Gasteiger partial charge in [0.25, 0.3) is 0 Å². The second-order valence-electron chi connectivity index (χ2n) is 4.39. The van der Waals surface area contributed by atoms with Crippen LogP contribution in [0.25, 0.3) is 0 Å². The highest BCUT2D eigenvalue weighted by Gasteiger charge is 2.29. The highest BCUT2D eigenvalue weighted by atomic mass is 32.2. The van der Waals surface area contributed by atoms with Crippen LogP contribution in [0, 0.1) is 0 Å². The summed E-state index contributed by atoms with van der Waals surface area (Å²) < 4.78 is 10.5. The molecule has 0 unspecified atom stereocenters. The Morgan fingerprint density at radius 1 is 0.952 bits per heavy atom. The van der Waals surface area contributed by atoms with E-state index in [0.29, 0.717) is 22.1 Å². The molecule has 1 aliphatic rings. The summed E-state index contributed by atoms with van der Waals surface area (Å²) in [4.78, 5) is 16.7. The van der Waals surface area contributed by atoms with Crippen LogP contribution in [-0.2, 0) is 0 Å². The predicted molar refractivity (Wildman–Crippen MR) is 84.1 cm³/mol. The third-order valence-corrected chi connectivity index (χ3v) is 4.06. The van der Waals surface area contributed by atoms with Crippen LogP contribution >= 0.6 is 11.8 Å². The van der Waals surface area contributed by atoms with E-state index in [1.54, 1.807) is 26.4 Å². The number of methoxy groups -OCH3 is 2. The summed E-state index contributed by atoms with van der Waals surface area (Å²) in [6, 6.07) is 13.1. The minimum absolute atomic E-state index is 0.0272. The fourth-order valence-electron chi connectivity index (χ4n) is 2.13. The second kappa shape index (κ2) is 5.61. The van der Waals surface area contributed by atoms with Gasteiger partial charge in [0.2, 0.25) is 5.12 Å². The minimum atomic E-state index is -0.0272. The maximum atomic E-state index is 12.1. The first-order valence-electron chi connectivity index (χ1n) is 6.35. The predicted octanol–water partition coefficient (Wildman–Crippen LogP) is 3.67. The summed E-state index contributed by atoms with van der Waals surface area (Å²) in [6.45, 7) is 0. The minimum Gasteiger partial charge on any atom is -0.493 e. The lowest BCUT2D eigenvalue weighted by Crippen LogP contribution is -1.97. The molecule has 0 fully saturated rings. The molecule has 0 bridgehead atoms. The quantitative estimate of drug-likeness (QED) is 0.867. The Balaban J connectivity index is 2.11. The van der Waals surface area contributed by atoms with Gasteiger partial charge in [-0.25, -0.2) is 4.99 Å². The number of hydrogen-bond acceptors (Lipinski definition) is 5. The van der Waals surface area contributed by atoms with E-state index in [0.717, 1.165) is 23.0 Å². The van der Waals surface area contributed by atoms with Crippen molar-refractivity contribution in [2.75, 3.05) is 14.2 Å². The Kier molecular flexibility index (Phi) is 3.66. The van der Waals surface area contributed by atoms with E-state index >= 15 is 0 Å². The normalized spacial score (nSPS) is 15.1. The van der Waals surface area contributed by atoms with Gasteiger partial charge in [-0.1, -0.05) is 18.2 Å². The van der Waals surface area contributed by atoms with Crippen molar-refractivity contribution in [3.63, 3.8) is 0 Å². The number of rotatable bonds is 3. The van der Waals surface area contributed by atoms with Gasteiger partial charge < -0.3 is 9.47 Å². The highest BCUT2D eigenvalue weighted by Crippen LogP contribution is 2.39. The monoisotopic (exact) mass is 299 g/mol. The van der Waals surface area contributed by atoms with Crippen molar-refractivity contribution >= 4 is 27.6 Å². The van der Waals surface area contributed by atoms with Gasteiger partial charge in [-0.15, -0.1) is 0 Å². The molecular formula is C16H13NO3S. The van der Waals surface area contributed by atoms with Gasteiger partial charge in [0.15, 0.2) is 11.5 Å². The summed E-state index contributed by atoms with van der Waals surface area (Å²) in [5.74, 6) is 1.14. The van der Waals surface area contributed by atoms with Gasteiger partial charge in [-0.2, -0.15) is 0 Å². The molecule has 1 aliphatic heterocycles. The van der Waals surface area contributed by atoms with Crippen molar-refractivity contribution in [3.05, 3.63) is 53.6 Å². The zero-order valence-corrected chi connectivity index (χ0v) is 12.4. The Labute approximate surface area is 126 Å². The molecule has 3 rings (SSSR count). The van der Waals surface area contributed by atoms with Crippen LogP contribution in [0.5, 0.6) is 11.5 Å². The smallest absolute Gasteiger partial charge is 0.226 e. The number of benzene rings is 2. The van der Waals surface area contributed by atoms with Crippen molar-refractivity contribution in [2.24, 2.45) is 4.99 Å². The first kappa shape index (κ1) is 13.7. The number of carbonyl (C=O) groups is 1. The number of fused-ring (bicyclic) bond motifs is 1. The van der Waals surface area contributed by atoms with E-state index in [-0.39, 0.29) is 5.12 Å². The summed E-state index contributed by atoms with van der Waals surface area (Å²) in [6.07, 6.45) is 0. The Hall–Kier alpha value is -2.27. The lowest BCUT2D eigenvalue weighted by molar-refractivity contribution is 0.109. The number of ether oxygens (including phenoxy) is 2. The Morgan fingerprint density at radius 2 is 1.57 bits per heavy atom. The van der Waals surface area contributed by atoms with Crippen molar-refractivity contribution in [3.8, 4) is 11.5 Å². The van der Waals surface area contributed by atoms with Gasteiger partial charge in [0.05, 0.1) is 19.9 Å². The number of thioether (sulfide) groups is 1. The van der Waals surface area contributed by atoms with Crippen LogP contribution in [0.3, 0.4) is 0 Å². The van der Waals surface area contributed by atoms with Gasteiger partial charge in [-0.3, -0.25) is 4.79 Å². The molecule has 0 radical (unpaired) electrons. The Morgan fingerprint density at radius 3 is 2.19 bits per heavy atom. The zero-order valence-electron chi connectivity index (χ0n) is 11.6. The standard InChI is InChI=1S/C16H13NO3S/c1-19-13-8-11-12(9-14(13)20-2)16(18)21-15(11)17-10-6-4-3-5-7-10/h3-9H,1-2H3. The summed E-state index contributed by atoms with van der Waals surface area (Å²) in [5.41, 5.74) is 2.20. The van der Waals surface area contributed by atoms with Crippen LogP contribution in [0.2, 0.25) is 0 Å². The molecule has 4 nitrogen and oxygen atoms in total. The lowest BCUT2D eigenvalue weighted by Gasteiger charge is -2.09. The SMILES string of the molecule is COc1cc2c(cc1OC)C(=Nc1ccccc1)SC2=O. The maximum absolute atomic E-state index is 12.1. The molecule has 2 aromatic carbocycles. The van der Waals surface area contributed by atoms with Crippen molar-refractivity contribution in [1.82, 2.24) is 0 Å². The molecular weight excluding hydrogens is 286 g/mol. The van der Waals surface area contributed by atoms with E-state index < -0.39 is 0 Å². The first-order chi connectivity index (χ1) is 10.2. The second-order valence-corrected chi connectivity index (χ2v) is 5.36. The van der Waals surface area contributed by atoms with Gasteiger partial charge in [0, 0.05) is 11.1 Å². The van der Waals surface area contributed by atoms with E-state index in [1.165, 1.54) is 0 Å². The molecule has 1 heterocycles. The zero-order chi connectivity index (χ0) is 14.8. The molecule has 0 aromatic heterocycles. The summed E-state index contributed by atoms with van der Waals surface area (Å²) in [5, 5.41) is 0.655. The molecule has 0 aliphatic carbocycles. The number of carbonyl (C=O) groups excluding carboxylic acids is 1. The van der Waals surface area contributed by atoms with Crippen molar-refractivity contribution in [1.29, 1.82) is 0 Å². The van der Waals surface area contributed by atoms with E-state index in [4.69, 9.17) is 9.47 Å². The molecule has 0 amide bonds. The third-order valence-electron chi connectivity index (χ3n) is 3.15. The molecule has 0 saturated carbocycles. The van der Waals surface area contributed by atoms with E-state index in [9.17, 15) is 4.79 Å². The average Bonchev–Trinajstić information content (AvgIpc) is 2.82. The average molecular weight is 299 g/mol. The molecule has 0 spiro atoms. The van der Waals surface area contributed by atoms with Crippen LogP contribution in [0.1, 0.15) is 15.9 Å². The van der Waals surface area contributed by atoms with Crippen LogP contribution in [-0.4, -0.2) is 24.4 Å². The molecule has 0 atom stereocenters. The fourth-order valence-corrected chi connectivity index (χ4v) is 3.01. The molecule has 5 heteroatoms. The van der Waals surface area contributed by atoms with Gasteiger partial charge in [0.1, 0.15) is 5.04 Å².